The largest absolute Gasteiger partial charge is 0.497 e. The van der Waals surface area contributed by atoms with Crippen LogP contribution in [0.25, 0.3) is 10.9 Å². The molecule has 0 bridgehead atoms. The van der Waals surface area contributed by atoms with E-state index in [9.17, 15) is 4.79 Å². The fourth-order valence-electron chi connectivity index (χ4n) is 4.40. The number of hydrogen-bond donors (Lipinski definition) is 1. The van der Waals surface area contributed by atoms with Crippen LogP contribution in [0.4, 0.5) is 5.82 Å². The van der Waals surface area contributed by atoms with Crippen molar-refractivity contribution < 1.29 is 9.53 Å². The van der Waals surface area contributed by atoms with Crippen molar-refractivity contribution in [2.45, 2.75) is 57.5 Å². The van der Waals surface area contributed by atoms with Crippen molar-refractivity contribution in [1.82, 2.24) is 19.7 Å². The molecule has 1 fully saturated rings. The molecular formula is C25H33N5O2. The predicted octanol–water partition coefficient (Wildman–Crippen LogP) is 4.25. The zero-order chi connectivity index (χ0) is 22.5. The summed E-state index contributed by atoms with van der Waals surface area (Å²) in [5.41, 5.74) is 3.11. The molecule has 1 N–H and O–H groups in total. The van der Waals surface area contributed by atoms with Crippen LogP contribution in [-0.4, -0.2) is 52.8 Å². The van der Waals surface area contributed by atoms with Gasteiger partial charge in [0.25, 0.3) is 0 Å². The smallest absolute Gasteiger partial charge is 0.222 e. The summed E-state index contributed by atoms with van der Waals surface area (Å²) in [6.07, 6.45) is 9.05. The van der Waals surface area contributed by atoms with Gasteiger partial charge in [-0.25, -0.2) is 4.98 Å². The molecule has 2 heterocycles. The van der Waals surface area contributed by atoms with Crippen molar-refractivity contribution in [3.63, 3.8) is 0 Å². The van der Waals surface area contributed by atoms with Crippen molar-refractivity contribution in [1.29, 1.82) is 0 Å². The van der Waals surface area contributed by atoms with Gasteiger partial charge < -0.3 is 15.0 Å². The van der Waals surface area contributed by atoms with Crippen LogP contribution in [0.1, 0.15) is 49.8 Å². The molecule has 3 aromatic rings. The Kier molecular flexibility index (Phi) is 6.93. The van der Waals surface area contributed by atoms with Crippen LogP contribution in [0.3, 0.4) is 0 Å². The topological polar surface area (TPSA) is 72.3 Å². The highest BCUT2D eigenvalue weighted by Gasteiger charge is 2.20. The van der Waals surface area contributed by atoms with E-state index in [0.717, 1.165) is 33.7 Å². The van der Waals surface area contributed by atoms with Gasteiger partial charge in [0.2, 0.25) is 5.91 Å². The Hall–Kier alpha value is -3.09. The van der Waals surface area contributed by atoms with Gasteiger partial charge in [0.1, 0.15) is 11.6 Å². The zero-order valence-electron chi connectivity index (χ0n) is 19.3. The Morgan fingerprint density at radius 1 is 1.16 bits per heavy atom. The second-order valence-corrected chi connectivity index (χ2v) is 8.77. The molecule has 4 rings (SSSR count). The van der Waals surface area contributed by atoms with Crippen LogP contribution in [0.5, 0.6) is 5.75 Å². The van der Waals surface area contributed by atoms with Crippen LogP contribution in [0, 0.1) is 0 Å². The average molecular weight is 436 g/mol. The van der Waals surface area contributed by atoms with Crippen molar-refractivity contribution in [3.05, 3.63) is 47.8 Å². The lowest BCUT2D eigenvalue weighted by atomic mass is 9.95. The molecule has 170 valence electrons. The van der Waals surface area contributed by atoms with Crippen molar-refractivity contribution >= 4 is 22.6 Å². The quantitative estimate of drug-likeness (QED) is 0.573. The summed E-state index contributed by atoms with van der Waals surface area (Å²) < 4.78 is 7.31. The van der Waals surface area contributed by atoms with E-state index in [0.29, 0.717) is 25.4 Å². The number of fused-ring (bicyclic) bond motifs is 1. The third-order valence-electron chi connectivity index (χ3n) is 6.25. The lowest BCUT2D eigenvalue weighted by Crippen LogP contribution is -2.23. The van der Waals surface area contributed by atoms with E-state index in [1.54, 1.807) is 26.1 Å². The first-order valence-corrected chi connectivity index (χ1v) is 11.5. The first kappa shape index (κ1) is 22.1. The van der Waals surface area contributed by atoms with Gasteiger partial charge in [0.05, 0.1) is 30.3 Å². The minimum atomic E-state index is 0.105. The zero-order valence-corrected chi connectivity index (χ0v) is 19.3. The van der Waals surface area contributed by atoms with Crippen molar-refractivity contribution in [3.8, 4) is 5.75 Å². The molecule has 7 heteroatoms. The molecule has 0 atom stereocenters. The number of ether oxygens (including phenoxy) is 1. The minimum Gasteiger partial charge on any atom is -0.497 e. The van der Waals surface area contributed by atoms with Gasteiger partial charge in [-0.1, -0.05) is 31.4 Å². The Morgan fingerprint density at radius 3 is 2.59 bits per heavy atom. The lowest BCUT2D eigenvalue weighted by molar-refractivity contribution is -0.128. The van der Waals surface area contributed by atoms with E-state index >= 15 is 0 Å². The van der Waals surface area contributed by atoms with Gasteiger partial charge in [0, 0.05) is 39.2 Å². The SMILES string of the molecule is COc1ccc(Cn2nc(CCC(=O)N(C)C)c3c(NC4CCCCC4)nccc32)cc1. The number of aryl methyl sites for hydroxylation is 1. The molecule has 0 unspecified atom stereocenters. The summed E-state index contributed by atoms with van der Waals surface area (Å²) >= 11 is 0. The number of nitrogens with one attached hydrogen (secondary N) is 1. The van der Waals surface area contributed by atoms with Crippen LogP contribution in [0.15, 0.2) is 36.5 Å². The molecule has 1 saturated carbocycles. The maximum Gasteiger partial charge on any atom is 0.222 e. The van der Waals surface area contributed by atoms with Crippen LogP contribution in [0.2, 0.25) is 0 Å². The molecule has 32 heavy (non-hydrogen) atoms. The first-order valence-electron chi connectivity index (χ1n) is 11.5. The standard InChI is InChI=1S/C25H33N5O2/c1-29(2)23(31)14-13-21-24-22(15-16-26-25(24)27-19-7-5-4-6-8-19)30(28-21)17-18-9-11-20(32-3)12-10-18/h9-12,15-16,19H,4-8,13-14,17H2,1-3H3,(H,26,27). The molecule has 2 aromatic heterocycles. The number of aromatic nitrogens is 3. The fraction of sp³-hybridized carbons (Fsp3) is 0.480. The second kappa shape index (κ2) is 10.0. The summed E-state index contributed by atoms with van der Waals surface area (Å²) in [5, 5.41) is 9.68. The molecule has 7 nitrogen and oxygen atoms in total. The summed E-state index contributed by atoms with van der Waals surface area (Å²) in [7, 11) is 5.26. The van der Waals surface area contributed by atoms with Gasteiger partial charge in [-0.2, -0.15) is 5.10 Å². The molecule has 0 saturated heterocycles. The van der Waals surface area contributed by atoms with Crippen LogP contribution < -0.4 is 10.1 Å². The maximum absolute atomic E-state index is 12.3. The Morgan fingerprint density at radius 2 is 1.91 bits per heavy atom. The van der Waals surface area contributed by atoms with E-state index in [-0.39, 0.29) is 5.91 Å². The number of hydrogen-bond acceptors (Lipinski definition) is 5. The lowest BCUT2D eigenvalue weighted by Gasteiger charge is -2.23. The summed E-state index contributed by atoms with van der Waals surface area (Å²) in [4.78, 5) is 18.6. The molecule has 0 aliphatic heterocycles. The van der Waals surface area contributed by atoms with Gasteiger partial charge in [-0.3, -0.25) is 9.48 Å². The number of anilines is 1. The Labute approximate surface area is 189 Å². The monoisotopic (exact) mass is 435 g/mol. The highest BCUT2D eigenvalue weighted by molar-refractivity contribution is 5.92. The Bertz CT molecular complexity index is 1050. The second-order valence-electron chi connectivity index (χ2n) is 8.77. The van der Waals surface area contributed by atoms with Gasteiger partial charge in [0.15, 0.2) is 0 Å². The number of nitrogens with zero attached hydrogens (tertiary/aromatic N) is 4. The molecule has 1 aliphatic carbocycles. The third kappa shape index (κ3) is 5.03. The molecule has 1 amide bonds. The highest BCUT2D eigenvalue weighted by Crippen LogP contribution is 2.30. The van der Waals surface area contributed by atoms with Crippen LogP contribution >= 0.6 is 0 Å². The number of amides is 1. The number of methoxy groups -OCH3 is 1. The number of carbonyl (C=O) groups excluding carboxylic acids is 1. The van der Waals surface area contributed by atoms with E-state index in [4.69, 9.17) is 14.8 Å². The van der Waals surface area contributed by atoms with Gasteiger partial charge in [-0.05, 0) is 36.6 Å². The van der Waals surface area contributed by atoms with Crippen molar-refractivity contribution in [2.75, 3.05) is 26.5 Å². The van der Waals surface area contributed by atoms with E-state index < -0.39 is 0 Å². The number of benzene rings is 1. The molecular weight excluding hydrogens is 402 g/mol. The summed E-state index contributed by atoms with van der Waals surface area (Å²) in [6, 6.07) is 10.5. The normalized spacial score (nSPS) is 14.5. The fourth-order valence-corrected chi connectivity index (χ4v) is 4.40. The average Bonchev–Trinajstić information content (AvgIpc) is 3.17. The third-order valence-corrected chi connectivity index (χ3v) is 6.25. The van der Waals surface area contributed by atoms with E-state index in [1.165, 1.54) is 32.1 Å². The molecule has 0 radical (unpaired) electrons. The van der Waals surface area contributed by atoms with E-state index in [2.05, 4.69) is 17.4 Å². The first-order chi connectivity index (χ1) is 15.5. The molecule has 0 spiro atoms. The van der Waals surface area contributed by atoms with Crippen LogP contribution in [-0.2, 0) is 17.8 Å². The molecule has 1 aromatic carbocycles. The van der Waals surface area contributed by atoms with Gasteiger partial charge in [-0.15, -0.1) is 0 Å². The summed E-state index contributed by atoms with van der Waals surface area (Å²) in [5.74, 6) is 1.83. The maximum atomic E-state index is 12.3. The Balaban J connectivity index is 1.67. The minimum absolute atomic E-state index is 0.105. The molecule has 1 aliphatic rings. The van der Waals surface area contributed by atoms with E-state index in [1.807, 2.05) is 29.1 Å². The highest BCUT2D eigenvalue weighted by atomic mass is 16.5. The predicted molar refractivity (Wildman–Crippen MR) is 127 cm³/mol. The summed E-state index contributed by atoms with van der Waals surface area (Å²) in [6.45, 7) is 0.648. The van der Waals surface area contributed by atoms with Gasteiger partial charge >= 0.3 is 0 Å². The number of carbonyl (C=O) groups is 1. The number of pyridine rings is 1. The number of rotatable bonds is 8. The van der Waals surface area contributed by atoms with Crippen molar-refractivity contribution in [2.24, 2.45) is 0 Å².